The molecule has 4 aliphatic rings. The Morgan fingerprint density at radius 3 is 2.62 bits per heavy atom. The minimum Gasteiger partial charge on any atom is -0.504 e. The minimum atomic E-state index is -0.205. The van der Waals surface area contributed by atoms with Gasteiger partial charge in [0, 0.05) is 44.1 Å². The molecule has 2 bridgehead atoms. The maximum absolute atomic E-state index is 12.9. The number of ether oxygens (including phenoxy) is 2. The van der Waals surface area contributed by atoms with Gasteiger partial charge in [-0.2, -0.15) is 0 Å². The summed E-state index contributed by atoms with van der Waals surface area (Å²) in [6, 6.07) is 1.74. The number of aromatic hydroxyl groups is 1. The van der Waals surface area contributed by atoms with E-state index >= 15 is 0 Å². The molecule has 0 aromatic heterocycles. The quantitative estimate of drug-likeness (QED) is 0.113. The Balaban J connectivity index is 1.93. The molecule has 1 aromatic rings. The average molecular weight is 616 g/mol. The highest BCUT2D eigenvalue weighted by Crippen LogP contribution is 2.47. The van der Waals surface area contributed by atoms with Crippen molar-refractivity contribution in [2.45, 2.75) is 122 Å². The van der Waals surface area contributed by atoms with E-state index in [1.807, 2.05) is 12.1 Å². The zero-order chi connectivity index (χ0) is 32.2. The van der Waals surface area contributed by atoms with E-state index in [0.717, 1.165) is 87.3 Å². The number of unbranched alkanes of at least 4 members (excludes halogenated alkanes) is 1. The fraction of sp³-hybridized carbons (Fsp3) is 0.632. The molecule has 0 heterocycles. The van der Waals surface area contributed by atoms with Crippen molar-refractivity contribution >= 4 is 11.7 Å². The predicted octanol–water partition coefficient (Wildman–Crippen LogP) is 6.53. The molecular weight excluding hydrogens is 562 g/mol. The van der Waals surface area contributed by atoms with Gasteiger partial charge in [0.15, 0.2) is 23.2 Å². The normalized spacial score (nSPS) is 25.3. The van der Waals surface area contributed by atoms with E-state index in [4.69, 9.17) is 20.9 Å². The van der Waals surface area contributed by atoms with Crippen molar-refractivity contribution in [1.29, 1.82) is 0 Å². The summed E-state index contributed by atoms with van der Waals surface area (Å²) >= 11 is 0. The molecule has 0 amide bonds. The number of guanidine groups is 1. The third-order valence-electron chi connectivity index (χ3n) is 9.56. The molecule has 0 spiro atoms. The van der Waals surface area contributed by atoms with E-state index < -0.39 is 0 Å². The molecule has 1 fully saturated rings. The van der Waals surface area contributed by atoms with Gasteiger partial charge in [0.05, 0.1) is 18.1 Å². The monoisotopic (exact) mass is 615 g/mol. The van der Waals surface area contributed by atoms with Crippen LogP contribution in [0.1, 0.15) is 120 Å². The zero-order valence-electron chi connectivity index (χ0n) is 27.6. The van der Waals surface area contributed by atoms with Gasteiger partial charge in [-0.15, -0.1) is 11.8 Å². The van der Waals surface area contributed by atoms with Crippen molar-refractivity contribution in [2.75, 3.05) is 13.7 Å². The Morgan fingerprint density at radius 1 is 1.11 bits per heavy atom. The van der Waals surface area contributed by atoms with Crippen LogP contribution in [0.25, 0.3) is 0 Å². The molecule has 244 valence electrons. The van der Waals surface area contributed by atoms with Crippen LogP contribution in [0.4, 0.5) is 0 Å². The highest BCUT2D eigenvalue weighted by Gasteiger charge is 2.34. The first-order chi connectivity index (χ1) is 21.8. The third kappa shape index (κ3) is 9.78. The second-order valence-corrected chi connectivity index (χ2v) is 13.2. The van der Waals surface area contributed by atoms with Gasteiger partial charge < -0.3 is 26.0 Å². The van der Waals surface area contributed by atoms with Crippen molar-refractivity contribution in [3.05, 3.63) is 34.9 Å². The molecule has 4 aliphatic carbocycles. The second kappa shape index (κ2) is 17.3. The highest BCUT2D eigenvalue weighted by molar-refractivity contribution is 5.89. The minimum absolute atomic E-state index is 0.0344. The smallest absolute Gasteiger partial charge is 0.186 e. The van der Waals surface area contributed by atoms with E-state index in [1.54, 1.807) is 13.2 Å². The van der Waals surface area contributed by atoms with Crippen molar-refractivity contribution < 1.29 is 19.4 Å². The van der Waals surface area contributed by atoms with Gasteiger partial charge in [0.25, 0.3) is 0 Å². The van der Waals surface area contributed by atoms with Gasteiger partial charge in [0.1, 0.15) is 0 Å². The number of nitrogens with zero attached hydrogens (tertiary/aromatic N) is 1. The van der Waals surface area contributed by atoms with Crippen molar-refractivity contribution in [2.24, 2.45) is 34.2 Å². The molecule has 7 nitrogen and oxygen atoms in total. The van der Waals surface area contributed by atoms with Crippen LogP contribution in [-0.4, -0.2) is 42.7 Å². The van der Waals surface area contributed by atoms with Crippen LogP contribution in [0.15, 0.2) is 23.2 Å². The third-order valence-corrected chi connectivity index (χ3v) is 9.56. The van der Waals surface area contributed by atoms with Crippen LogP contribution in [0, 0.1) is 41.4 Å². The summed E-state index contributed by atoms with van der Waals surface area (Å²) in [5.41, 5.74) is 14.4. The number of benzene rings is 1. The number of hydrogen-bond donors (Lipinski definition) is 3. The number of carbonyl (C=O) groups excluding carboxylic acids is 1. The maximum Gasteiger partial charge on any atom is 0.186 e. The summed E-state index contributed by atoms with van der Waals surface area (Å²) in [6.45, 7) is 4.88. The molecule has 1 saturated carbocycles. The van der Waals surface area contributed by atoms with Crippen molar-refractivity contribution in [1.82, 2.24) is 0 Å². The summed E-state index contributed by atoms with van der Waals surface area (Å²) in [5, 5.41) is 12.1. The molecule has 0 saturated heterocycles. The fourth-order valence-corrected chi connectivity index (χ4v) is 7.03. The number of nitrogens with two attached hydrogens (primary N) is 2. The van der Waals surface area contributed by atoms with Crippen molar-refractivity contribution in [3.63, 3.8) is 0 Å². The molecule has 0 aliphatic heterocycles. The van der Waals surface area contributed by atoms with Crippen LogP contribution in [0.5, 0.6) is 11.5 Å². The first kappa shape index (κ1) is 34.5. The number of rotatable bonds is 11. The number of aliphatic imine (C=N–C) groups is 1. The number of ketones is 1. The highest BCUT2D eigenvalue weighted by atomic mass is 16.5. The Labute approximate surface area is 270 Å². The number of phenolic OH excluding ortho intramolecular Hbond substituents is 1. The summed E-state index contributed by atoms with van der Waals surface area (Å²) in [6.07, 6.45) is 15.4. The van der Waals surface area contributed by atoms with Gasteiger partial charge in [0.2, 0.25) is 0 Å². The number of hydrogen-bond acceptors (Lipinski definition) is 5. The lowest BCUT2D eigenvalue weighted by atomic mass is 9.74. The second-order valence-electron chi connectivity index (χ2n) is 13.2. The summed E-state index contributed by atoms with van der Waals surface area (Å²) in [5.74, 6) is 14.9. The summed E-state index contributed by atoms with van der Waals surface area (Å²) in [4.78, 5) is 17.6. The molecule has 5 N–H and O–H groups in total. The Kier molecular flexibility index (Phi) is 13.3. The van der Waals surface area contributed by atoms with Gasteiger partial charge in [-0.25, -0.2) is 4.99 Å². The van der Waals surface area contributed by atoms with Crippen LogP contribution >= 0.6 is 0 Å². The molecule has 5 atom stereocenters. The lowest BCUT2D eigenvalue weighted by molar-refractivity contribution is -0.114. The number of carbonyl (C=O) groups is 1. The number of fused-ring (bicyclic) bond motifs is 8. The standard InChI is InChI=1S/C38H53N3O4/c1-4-5-6-13-30(42)20-17-28-24-35(45-31-14-9-10-15-31)37(43)36-32(28)22-18-27-12-8-7-11-26(2)16-21-33(36)29(25-44-3)19-23-34(27)41-38(39)40/h6,13,24,26-27,29,31,33-34,43H,4-5,9-12,14-17,19-21,23,25H2,1-3H3,(H4,39,40,41)/t26-,27+,29+,33+,34-/m0/s1. The molecule has 0 radical (unpaired) electrons. The SMILES string of the molecule is CCCC=CC(=O)CCc1cc(OC2CCCC2)c(O)c2c1C#C[C@H]1CC#CC[C@H](C)CC[C@@H]2[C@@H](COC)CC[C@@H]1N=C(N)N. The van der Waals surface area contributed by atoms with E-state index in [9.17, 15) is 9.90 Å². The molecule has 7 heteroatoms. The van der Waals surface area contributed by atoms with Gasteiger partial charge >= 0.3 is 0 Å². The van der Waals surface area contributed by atoms with E-state index in [0.29, 0.717) is 37.5 Å². The first-order valence-electron chi connectivity index (χ1n) is 17.1. The Hall–Kier alpha value is -3.42. The van der Waals surface area contributed by atoms with E-state index in [2.05, 4.69) is 42.5 Å². The lowest BCUT2D eigenvalue weighted by Crippen LogP contribution is -2.30. The average Bonchev–Trinajstić information content (AvgIpc) is 3.53. The molecule has 5 rings (SSSR count). The largest absolute Gasteiger partial charge is 0.504 e. The summed E-state index contributed by atoms with van der Waals surface area (Å²) in [7, 11) is 1.74. The zero-order valence-corrected chi connectivity index (χ0v) is 27.6. The van der Waals surface area contributed by atoms with Crippen LogP contribution < -0.4 is 16.2 Å². The number of aryl methyl sites for hydroxylation is 1. The lowest BCUT2D eigenvalue weighted by Gasteiger charge is -2.33. The topological polar surface area (TPSA) is 120 Å². The molecule has 45 heavy (non-hydrogen) atoms. The number of allylic oxidation sites excluding steroid dienone is 2. The number of methoxy groups -OCH3 is 1. The fourth-order valence-electron chi connectivity index (χ4n) is 7.03. The van der Waals surface area contributed by atoms with Crippen LogP contribution in [0.3, 0.4) is 0 Å². The molecular formula is C38H53N3O4. The van der Waals surface area contributed by atoms with Crippen LogP contribution in [-0.2, 0) is 16.0 Å². The number of phenols is 1. The van der Waals surface area contributed by atoms with E-state index in [1.165, 1.54) is 0 Å². The van der Waals surface area contributed by atoms with Gasteiger partial charge in [-0.3, -0.25) is 4.79 Å². The predicted molar refractivity (Wildman–Crippen MR) is 181 cm³/mol. The first-order valence-corrected chi connectivity index (χ1v) is 17.1. The van der Waals surface area contributed by atoms with Crippen molar-refractivity contribution in [3.8, 4) is 35.2 Å². The Morgan fingerprint density at radius 2 is 1.89 bits per heavy atom. The molecule has 0 unspecified atom stereocenters. The maximum atomic E-state index is 12.9. The molecule has 1 aromatic carbocycles. The van der Waals surface area contributed by atoms with Crippen LogP contribution in [0.2, 0.25) is 0 Å². The summed E-state index contributed by atoms with van der Waals surface area (Å²) < 4.78 is 12.4. The van der Waals surface area contributed by atoms with Gasteiger partial charge in [-0.1, -0.05) is 38.2 Å². The van der Waals surface area contributed by atoms with Gasteiger partial charge in [-0.05, 0) is 99.7 Å². The van der Waals surface area contributed by atoms with E-state index in [-0.39, 0.29) is 47.4 Å². The Bertz CT molecular complexity index is 1330.